The predicted octanol–water partition coefficient (Wildman–Crippen LogP) is 1.88. The molecule has 0 unspecified atom stereocenters. The number of rotatable bonds is 7. The Kier molecular flexibility index (Phi) is 6.85. The second-order valence-corrected chi connectivity index (χ2v) is 5.21. The van der Waals surface area contributed by atoms with Gasteiger partial charge in [0.2, 0.25) is 0 Å². The fourth-order valence-corrected chi connectivity index (χ4v) is 2.58. The van der Waals surface area contributed by atoms with Crippen molar-refractivity contribution in [1.82, 2.24) is 0 Å². The minimum Gasteiger partial charge on any atom is -0.494 e. The Morgan fingerprint density at radius 1 is 1.08 bits per heavy atom. The van der Waals surface area contributed by atoms with E-state index in [0.717, 1.165) is 0 Å². The van der Waals surface area contributed by atoms with Gasteiger partial charge in [-0.15, -0.1) is 0 Å². The van der Waals surface area contributed by atoms with Crippen LogP contribution in [0, 0.1) is 0 Å². The predicted molar refractivity (Wildman–Crippen MR) is 93.1 cm³/mol. The molecule has 8 heteroatoms. The van der Waals surface area contributed by atoms with Gasteiger partial charge in [-0.2, -0.15) is 0 Å². The van der Waals surface area contributed by atoms with Gasteiger partial charge in [-0.05, 0) is 26.0 Å². The average Bonchev–Trinajstić information content (AvgIpc) is 2.67. The fraction of sp³-hybridized carbons (Fsp3) is 0.444. The molecule has 0 N–H and O–H groups in total. The van der Waals surface area contributed by atoms with E-state index in [4.69, 9.17) is 23.7 Å². The molecule has 0 saturated carbocycles. The van der Waals surface area contributed by atoms with Crippen LogP contribution in [0.5, 0.6) is 11.5 Å². The van der Waals surface area contributed by atoms with Crippen LogP contribution in [0.3, 0.4) is 0 Å². The maximum Gasteiger partial charge on any atom is 0.355 e. The summed E-state index contributed by atoms with van der Waals surface area (Å²) in [5.41, 5.74) is 0.661. The zero-order valence-corrected chi connectivity index (χ0v) is 15.4. The summed E-state index contributed by atoms with van der Waals surface area (Å²) < 4.78 is 26.3. The van der Waals surface area contributed by atoms with E-state index in [1.54, 1.807) is 18.2 Å². The zero-order chi connectivity index (χ0) is 19.1. The number of hydrogen-bond acceptors (Lipinski definition) is 8. The van der Waals surface area contributed by atoms with Crippen molar-refractivity contribution in [3.8, 4) is 11.5 Å². The van der Waals surface area contributed by atoms with Crippen LogP contribution >= 0.6 is 0 Å². The van der Waals surface area contributed by atoms with Gasteiger partial charge in [0.1, 0.15) is 23.9 Å². The largest absolute Gasteiger partial charge is 0.494 e. The Balaban J connectivity index is 2.61. The minimum atomic E-state index is -0.669. The van der Waals surface area contributed by atoms with Gasteiger partial charge in [-0.25, -0.2) is 9.59 Å². The molecule has 1 aromatic rings. The van der Waals surface area contributed by atoms with Crippen LogP contribution in [0.1, 0.15) is 13.8 Å². The van der Waals surface area contributed by atoms with Gasteiger partial charge < -0.3 is 28.6 Å². The molecule has 26 heavy (non-hydrogen) atoms. The van der Waals surface area contributed by atoms with Crippen molar-refractivity contribution < 1.29 is 33.3 Å². The second-order valence-electron chi connectivity index (χ2n) is 5.21. The van der Waals surface area contributed by atoms with Gasteiger partial charge in [0.25, 0.3) is 0 Å². The first kappa shape index (κ1) is 19.6. The number of carbonyl (C=O) groups excluding carboxylic acids is 2. The van der Waals surface area contributed by atoms with E-state index in [1.165, 1.54) is 19.1 Å². The molecule has 0 spiro atoms. The van der Waals surface area contributed by atoms with Crippen molar-refractivity contribution in [1.29, 1.82) is 0 Å². The van der Waals surface area contributed by atoms with E-state index in [-0.39, 0.29) is 24.6 Å². The molecule has 1 aromatic carbocycles. The Labute approximate surface area is 152 Å². The van der Waals surface area contributed by atoms with E-state index >= 15 is 0 Å². The molecule has 2 rings (SSSR count). The maximum atomic E-state index is 12.4. The first-order valence-corrected chi connectivity index (χ1v) is 8.22. The fourth-order valence-electron chi connectivity index (χ4n) is 2.58. The van der Waals surface area contributed by atoms with Crippen LogP contribution in [0.4, 0.5) is 5.69 Å². The molecule has 0 aromatic heterocycles. The Morgan fingerprint density at radius 2 is 1.77 bits per heavy atom. The summed E-state index contributed by atoms with van der Waals surface area (Å²) >= 11 is 0. The highest BCUT2D eigenvalue weighted by Gasteiger charge is 2.33. The molecule has 1 aliphatic heterocycles. The topological polar surface area (TPSA) is 83.5 Å². The molecular weight excluding hydrogens is 342 g/mol. The van der Waals surface area contributed by atoms with Crippen molar-refractivity contribution in [3.63, 3.8) is 0 Å². The van der Waals surface area contributed by atoms with Crippen LogP contribution in [0.2, 0.25) is 0 Å². The van der Waals surface area contributed by atoms with Crippen LogP contribution in [-0.4, -0.2) is 52.7 Å². The van der Waals surface area contributed by atoms with Crippen molar-refractivity contribution in [3.05, 3.63) is 29.5 Å². The number of carbonyl (C=O) groups is 2. The number of nitrogens with zero attached hydrogens (tertiary/aromatic N) is 1. The van der Waals surface area contributed by atoms with E-state index in [2.05, 4.69) is 0 Å². The van der Waals surface area contributed by atoms with Crippen molar-refractivity contribution in [2.24, 2.45) is 0 Å². The first-order chi connectivity index (χ1) is 12.6. The van der Waals surface area contributed by atoms with Crippen LogP contribution in [0.25, 0.3) is 0 Å². The first-order valence-electron chi connectivity index (χ1n) is 8.22. The molecule has 0 amide bonds. The molecule has 0 radical (unpaired) electrons. The lowest BCUT2D eigenvalue weighted by molar-refractivity contribution is -0.140. The summed E-state index contributed by atoms with van der Waals surface area (Å²) in [6.45, 7) is 4.62. The lowest BCUT2D eigenvalue weighted by atomic mass is 10.1. The zero-order valence-electron chi connectivity index (χ0n) is 15.4. The third kappa shape index (κ3) is 4.08. The number of esters is 2. The highest BCUT2D eigenvalue weighted by atomic mass is 16.5. The standard InChI is InChI=1S/C18H23NO7/c1-5-25-12-7-8-15(26-6-2)14(9-12)19-11-24-10-13(17(20)22-3)16(19)18(21)23-4/h7-9H,5-6,10-11H2,1-4H3. The Hall–Kier alpha value is -2.74. The molecule has 8 nitrogen and oxygen atoms in total. The summed E-state index contributed by atoms with van der Waals surface area (Å²) in [7, 11) is 2.49. The lowest BCUT2D eigenvalue weighted by Crippen LogP contribution is -2.39. The minimum absolute atomic E-state index is 0.0422. The van der Waals surface area contributed by atoms with E-state index in [0.29, 0.717) is 30.4 Å². The third-order valence-corrected chi connectivity index (χ3v) is 3.67. The highest BCUT2D eigenvalue weighted by Crippen LogP contribution is 2.37. The SMILES string of the molecule is CCOc1ccc(OCC)c(N2COCC(C(=O)OC)=C2C(=O)OC)c1. The summed E-state index contributed by atoms with van der Waals surface area (Å²) in [4.78, 5) is 26.0. The van der Waals surface area contributed by atoms with Gasteiger partial charge in [0, 0.05) is 6.07 Å². The normalized spacial score (nSPS) is 14.1. The van der Waals surface area contributed by atoms with Crippen LogP contribution in [0.15, 0.2) is 29.5 Å². The molecule has 0 bridgehead atoms. The molecule has 1 heterocycles. The second kappa shape index (κ2) is 9.10. The van der Waals surface area contributed by atoms with Gasteiger partial charge in [0.15, 0.2) is 0 Å². The van der Waals surface area contributed by atoms with Gasteiger partial charge in [-0.3, -0.25) is 0 Å². The highest BCUT2D eigenvalue weighted by molar-refractivity contribution is 6.03. The molecule has 1 aliphatic rings. The number of hydrogen-bond donors (Lipinski definition) is 0. The number of methoxy groups -OCH3 is 2. The van der Waals surface area contributed by atoms with E-state index < -0.39 is 11.9 Å². The van der Waals surface area contributed by atoms with E-state index in [9.17, 15) is 9.59 Å². The van der Waals surface area contributed by atoms with Crippen LogP contribution in [-0.2, 0) is 23.8 Å². The van der Waals surface area contributed by atoms with Crippen LogP contribution < -0.4 is 14.4 Å². The number of ether oxygens (including phenoxy) is 5. The lowest BCUT2D eigenvalue weighted by Gasteiger charge is -2.32. The van der Waals surface area contributed by atoms with Gasteiger partial charge >= 0.3 is 11.9 Å². The maximum absolute atomic E-state index is 12.4. The van der Waals surface area contributed by atoms with Crippen molar-refractivity contribution >= 4 is 17.6 Å². The molecule has 0 saturated heterocycles. The average molecular weight is 365 g/mol. The molecule has 0 aliphatic carbocycles. The summed E-state index contributed by atoms with van der Waals surface area (Å²) in [6, 6.07) is 5.23. The van der Waals surface area contributed by atoms with Crippen molar-refractivity contribution in [2.75, 3.05) is 45.7 Å². The van der Waals surface area contributed by atoms with Crippen molar-refractivity contribution in [2.45, 2.75) is 13.8 Å². The van der Waals surface area contributed by atoms with Gasteiger partial charge in [-0.1, -0.05) is 0 Å². The number of anilines is 1. The monoisotopic (exact) mass is 365 g/mol. The quantitative estimate of drug-likeness (QED) is 0.677. The molecule has 0 atom stereocenters. The Morgan fingerprint density at radius 3 is 2.38 bits per heavy atom. The van der Waals surface area contributed by atoms with E-state index in [1.807, 2.05) is 13.8 Å². The summed E-state index contributed by atoms with van der Waals surface area (Å²) in [6.07, 6.45) is 0. The Bertz CT molecular complexity index is 699. The molecule has 0 fully saturated rings. The molecule has 142 valence electrons. The smallest absolute Gasteiger partial charge is 0.355 e. The number of benzene rings is 1. The summed E-state index contributed by atoms with van der Waals surface area (Å²) in [5, 5.41) is 0. The molecular formula is C18H23NO7. The third-order valence-electron chi connectivity index (χ3n) is 3.67. The van der Waals surface area contributed by atoms with Gasteiger partial charge in [0.05, 0.1) is 45.3 Å². The summed E-state index contributed by atoms with van der Waals surface area (Å²) in [5.74, 6) is -0.209.